The molecule has 4 heteroatoms. The summed E-state index contributed by atoms with van der Waals surface area (Å²) in [5.41, 5.74) is 29.2. The van der Waals surface area contributed by atoms with Gasteiger partial charge in [-0.05, 0) is 169 Å². The molecule has 0 bridgehead atoms. The normalized spacial score (nSPS) is 20.3. The number of hydrogen-bond donors (Lipinski definition) is 0. The second kappa shape index (κ2) is 12.9. The minimum Gasteiger partial charge on any atom is -0.456 e. The van der Waals surface area contributed by atoms with Crippen molar-refractivity contribution in [2.45, 2.75) is 148 Å². The fourth-order valence-corrected chi connectivity index (χ4v) is 14.9. The molecule has 3 aliphatic carbocycles. The number of aryl methyl sites for hydroxylation is 1. The molecule has 14 rings (SSSR count). The Morgan fingerprint density at radius 3 is 1.70 bits per heavy atom. The number of hydrogen-bond acceptors (Lipinski definition) is 3. The summed E-state index contributed by atoms with van der Waals surface area (Å²) in [6.07, 6.45) is 4.68. The lowest BCUT2D eigenvalue weighted by atomic mass is 9.42. The molecule has 69 heavy (non-hydrogen) atoms. The second-order valence-corrected chi connectivity index (χ2v) is 25.9. The van der Waals surface area contributed by atoms with E-state index in [2.05, 4.69) is 209 Å². The van der Waals surface area contributed by atoms with Gasteiger partial charge in [0.05, 0.1) is 5.69 Å². The van der Waals surface area contributed by atoms with Crippen LogP contribution in [0.2, 0.25) is 0 Å². The maximum atomic E-state index is 7.25. The fourth-order valence-electron chi connectivity index (χ4n) is 14.9. The molecule has 7 aromatic carbocycles. The first-order chi connectivity index (χ1) is 32.6. The van der Waals surface area contributed by atoms with Crippen LogP contribution < -0.4 is 20.6 Å². The molecule has 0 N–H and O–H groups in total. The van der Waals surface area contributed by atoms with E-state index in [-0.39, 0.29) is 39.3 Å². The lowest BCUT2D eigenvalue weighted by Gasteiger charge is -2.52. The average molecular weight is 901 g/mol. The lowest BCUT2D eigenvalue weighted by Crippen LogP contribution is -2.63. The molecule has 0 spiro atoms. The Kier molecular flexibility index (Phi) is 7.81. The van der Waals surface area contributed by atoms with E-state index in [1.807, 2.05) is 0 Å². The Hall–Kier alpha value is -6.00. The van der Waals surface area contributed by atoms with E-state index in [0.717, 1.165) is 17.6 Å². The molecule has 1 aromatic heterocycles. The van der Waals surface area contributed by atoms with Crippen LogP contribution in [-0.4, -0.2) is 6.85 Å². The van der Waals surface area contributed by atoms with Gasteiger partial charge in [-0.1, -0.05) is 150 Å². The summed E-state index contributed by atoms with van der Waals surface area (Å²) in [7, 11) is 0. The molecule has 0 radical (unpaired) electrons. The Balaban J connectivity index is 1.18. The van der Waals surface area contributed by atoms with Gasteiger partial charge in [0.1, 0.15) is 11.2 Å². The van der Waals surface area contributed by atoms with Crippen molar-refractivity contribution in [2.75, 3.05) is 9.71 Å². The quantitative estimate of drug-likeness (QED) is 0.153. The number of anilines is 5. The van der Waals surface area contributed by atoms with Crippen LogP contribution in [0.1, 0.15) is 159 Å². The van der Waals surface area contributed by atoms with Crippen molar-refractivity contribution in [3.8, 4) is 22.3 Å². The van der Waals surface area contributed by atoms with Crippen LogP contribution in [0.3, 0.4) is 0 Å². The fraction of sp³-hybridized carbons (Fsp3) is 0.354. The zero-order valence-corrected chi connectivity index (χ0v) is 43.1. The molecule has 344 valence electrons. The predicted octanol–water partition coefficient (Wildman–Crippen LogP) is 16.2. The monoisotopic (exact) mass is 901 g/mol. The van der Waals surface area contributed by atoms with Crippen LogP contribution in [-0.2, 0) is 32.5 Å². The van der Waals surface area contributed by atoms with E-state index >= 15 is 0 Å². The Labute approximate surface area is 410 Å². The van der Waals surface area contributed by atoms with Gasteiger partial charge in [0, 0.05) is 55.5 Å². The summed E-state index contributed by atoms with van der Waals surface area (Å²) in [5, 5.41) is 2.42. The smallest absolute Gasteiger partial charge is 0.333 e. The van der Waals surface area contributed by atoms with Crippen molar-refractivity contribution in [3.63, 3.8) is 0 Å². The van der Waals surface area contributed by atoms with Crippen molar-refractivity contribution in [1.82, 2.24) is 0 Å². The van der Waals surface area contributed by atoms with Crippen LogP contribution in [0, 0.1) is 6.92 Å². The van der Waals surface area contributed by atoms with Gasteiger partial charge in [0.25, 0.3) is 0 Å². The van der Waals surface area contributed by atoms with Crippen LogP contribution >= 0.6 is 0 Å². The van der Waals surface area contributed by atoms with E-state index in [4.69, 9.17) is 4.42 Å². The van der Waals surface area contributed by atoms with Gasteiger partial charge in [-0.2, -0.15) is 0 Å². The van der Waals surface area contributed by atoms with Gasteiger partial charge in [-0.3, -0.25) is 0 Å². The van der Waals surface area contributed by atoms with Crippen LogP contribution in [0.5, 0.6) is 0 Å². The predicted molar refractivity (Wildman–Crippen MR) is 292 cm³/mol. The van der Waals surface area contributed by atoms with Gasteiger partial charge in [-0.15, -0.1) is 0 Å². The van der Waals surface area contributed by atoms with Gasteiger partial charge in [0.2, 0.25) is 0 Å². The van der Waals surface area contributed by atoms with Crippen LogP contribution in [0.25, 0.3) is 44.2 Å². The number of furan rings is 1. The zero-order valence-electron chi connectivity index (χ0n) is 43.1. The minimum atomic E-state index is -0.210. The van der Waals surface area contributed by atoms with E-state index in [9.17, 15) is 0 Å². The molecule has 3 nitrogen and oxygen atoms in total. The Bertz CT molecular complexity index is 3670. The summed E-state index contributed by atoms with van der Waals surface area (Å²) in [6.45, 7) is 31.7. The first-order valence-corrected chi connectivity index (χ1v) is 26.0. The number of rotatable bonds is 1. The lowest BCUT2D eigenvalue weighted by molar-refractivity contribution is 0.332. The molecular formula is C65H65BN2O. The van der Waals surface area contributed by atoms with Gasteiger partial charge >= 0.3 is 6.85 Å². The first-order valence-electron chi connectivity index (χ1n) is 26.0. The topological polar surface area (TPSA) is 19.6 Å². The van der Waals surface area contributed by atoms with Gasteiger partial charge < -0.3 is 14.1 Å². The SMILES string of the molecule is Cc1cc2c(cc1N1c3cc4c(cc3B3c5c(cc6c(c51)-c1ccccc1C6(C)C)-c1cccc5c1N3c1ccccc1C5(C)C)oc1cc3c(cc14)C(C)(C)CCC3(C)C)C(C)(C)CCC2(C)C. The van der Waals surface area contributed by atoms with E-state index < -0.39 is 0 Å². The maximum Gasteiger partial charge on any atom is 0.333 e. The van der Waals surface area contributed by atoms with Crippen molar-refractivity contribution < 1.29 is 4.42 Å². The zero-order chi connectivity index (χ0) is 47.9. The third-order valence-corrected chi connectivity index (χ3v) is 19.3. The van der Waals surface area contributed by atoms with E-state index in [0.29, 0.717) is 0 Å². The summed E-state index contributed by atoms with van der Waals surface area (Å²) in [6, 6.07) is 43.6. The average Bonchev–Trinajstić information content (AvgIpc) is 3.78. The Morgan fingerprint density at radius 2 is 0.986 bits per heavy atom. The number of benzene rings is 7. The number of fused-ring (bicyclic) bond motifs is 15. The summed E-state index contributed by atoms with van der Waals surface area (Å²) < 4.78 is 7.25. The molecular weight excluding hydrogens is 836 g/mol. The standard InChI is InChI=1S/C65H65BN2O/c1-36-29-45-47(62(6,7)27-25-60(45,2)3)33-52(36)67-53-32-40-39-30-46-48(63(8,9)28-26-61(46,4)5)34-54(39)69-55(40)35-50(53)66-57-41(31-49-56(59(57)67)38-19-14-15-21-42(38)64(49,10)11)37-20-18-23-44-58(37)68(66)51-24-17-16-22-43(51)65(44,12)13/h14-24,29-35H,25-28H2,1-13H3. The molecule has 6 aliphatic rings. The maximum absolute atomic E-state index is 7.25. The molecule has 0 atom stereocenters. The summed E-state index contributed by atoms with van der Waals surface area (Å²) in [4.78, 5) is 5.53. The Morgan fingerprint density at radius 1 is 0.435 bits per heavy atom. The van der Waals surface area contributed by atoms with Gasteiger partial charge in [-0.25, -0.2) is 0 Å². The highest BCUT2D eigenvalue weighted by molar-refractivity contribution is 6.94. The van der Waals surface area contributed by atoms with Crippen LogP contribution in [0.15, 0.2) is 114 Å². The molecule has 0 saturated carbocycles. The van der Waals surface area contributed by atoms with Crippen molar-refractivity contribution >= 4 is 68.1 Å². The van der Waals surface area contributed by atoms with Gasteiger partial charge in [0.15, 0.2) is 0 Å². The summed E-state index contributed by atoms with van der Waals surface area (Å²) >= 11 is 0. The molecule has 3 aliphatic heterocycles. The molecule has 4 heterocycles. The first kappa shape index (κ1) is 41.9. The van der Waals surface area contributed by atoms with Crippen molar-refractivity contribution in [1.29, 1.82) is 0 Å². The van der Waals surface area contributed by atoms with E-state index in [1.54, 1.807) is 0 Å². The highest BCUT2D eigenvalue weighted by Gasteiger charge is 2.53. The van der Waals surface area contributed by atoms with Crippen molar-refractivity contribution in [3.05, 3.63) is 159 Å². The van der Waals surface area contributed by atoms with E-state index in [1.165, 1.54) is 142 Å². The molecule has 0 unspecified atom stereocenters. The largest absolute Gasteiger partial charge is 0.456 e. The van der Waals surface area contributed by atoms with Crippen LogP contribution in [0.4, 0.5) is 28.4 Å². The van der Waals surface area contributed by atoms with Crippen molar-refractivity contribution in [2.24, 2.45) is 0 Å². The molecule has 0 saturated heterocycles. The number of para-hydroxylation sites is 2. The molecule has 0 fully saturated rings. The summed E-state index contributed by atoms with van der Waals surface area (Å²) in [5.74, 6) is 0. The highest BCUT2D eigenvalue weighted by Crippen LogP contribution is 2.62. The highest BCUT2D eigenvalue weighted by atomic mass is 16.3. The minimum absolute atomic E-state index is 0.0329. The number of nitrogens with zero attached hydrogens (tertiary/aromatic N) is 2. The third kappa shape index (κ3) is 5.16. The second-order valence-electron chi connectivity index (χ2n) is 25.9. The molecule has 0 amide bonds. The third-order valence-electron chi connectivity index (χ3n) is 19.3. The molecule has 8 aromatic rings.